The Labute approximate surface area is 167 Å². The zero-order chi connectivity index (χ0) is 18.6. The van der Waals surface area contributed by atoms with Gasteiger partial charge in [-0.3, -0.25) is 9.80 Å². The monoisotopic (exact) mass is 385 g/mol. The largest absolute Gasteiger partial charge is 0.495 e. The second-order valence-corrected chi connectivity index (χ2v) is 9.11. The smallest absolute Gasteiger partial charge is 0.142 e. The van der Waals surface area contributed by atoms with Crippen LogP contribution in [0.25, 0.3) is 0 Å². The van der Waals surface area contributed by atoms with Crippen LogP contribution in [0.4, 0.5) is 5.69 Å². The Morgan fingerprint density at radius 2 is 1.85 bits per heavy atom. The molecule has 2 aliphatic rings. The van der Waals surface area contributed by atoms with Crippen molar-refractivity contribution in [3.63, 3.8) is 0 Å². The minimum atomic E-state index is 0.708. The molecule has 5 heteroatoms. The van der Waals surface area contributed by atoms with E-state index in [-0.39, 0.29) is 0 Å². The third kappa shape index (κ3) is 4.48. The Hall–Kier alpha value is -1.56. The molecular formula is C22H31N3OS. The molecule has 2 fully saturated rings. The highest BCUT2D eigenvalue weighted by atomic mass is 32.1. The maximum atomic E-state index is 5.55. The molecule has 1 atom stereocenters. The molecule has 0 radical (unpaired) electrons. The number of hydrogen-bond donors (Lipinski definition) is 0. The van der Waals surface area contributed by atoms with Crippen molar-refractivity contribution < 1.29 is 4.74 Å². The number of piperazine rings is 1. The average molecular weight is 386 g/mol. The van der Waals surface area contributed by atoms with Gasteiger partial charge in [0.25, 0.3) is 0 Å². The fraction of sp³-hybridized carbons (Fsp3) is 0.545. The summed E-state index contributed by atoms with van der Waals surface area (Å²) in [7, 11) is 1.76. The van der Waals surface area contributed by atoms with Gasteiger partial charge >= 0.3 is 0 Å². The molecule has 2 aromatic rings. The number of piperidine rings is 1. The number of methoxy groups -OCH3 is 1. The molecular weight excluding hydrogens is 354 g/mol. The summed E-state index contributed by atoms with van der Waals surface area (Å²) in [5, 5.41) is 0. The fourth-order valence-corrected chi connectivity index (χ4v) is 5.42. The maximum Gasteiger partial charge on any atom is 0.142 e. The highest BCUT2D eigenvalue weighted by molar-refractivity contribution is 7.11. The zero-order valence-electron chi connectivity index (χ0n) is 16.6. The van der Waals surface area contributed by atoms with Gasteiger partial charge in [0.15, 0.2) is 0 Å². The zero-order valence-corrected chi connectivity index (χ0v) is 17.4. The van der Waals surface area contributed by atoms with Crippen molar-refractivity contribution in [3.05, 3.63) is 46.2 Å². The number of benzene rings is 1. The van der Waals surface area contributed by atoms with Crippen LogP contribution < -0.4 is 9.64 Å². The molecule has 146 valence electrons. The van der Waals surface area contributed by atoms with Crippen LogP contribution in [0.3, 0.4) is 0 Å². The van der Waals surface area contributed by atoms with Crippen LogP contribution in [0.15, 0.2) is 36.4 Å². The Bertz CT molecular complexity index is 739. The number of likely N-dealkylation sites (tertiary alicyclic amines) is 1. The number of para-hydroxylation sites is 2. The lowest BCUT2D eigenvalue weighted by atomic mass is 10.0. The van der Waals surface area contributed by atoms with Gasteiger partial charge in [0.1, 0.15) is 5.75 Å². The summed E-state index contributed by atoms with van der Waals surface area (Å²) < 4.78 is 5.55. The summed E-state index contributed by atoms with van der Waals surface area (Å²) in [4.78, 5) is 10.8. The van der Waals surface area contributed by atoms with Crippen molar-refractivity contribution in [3.8, 4) is 5.75 Å². The van der Waals surface area contributed by atoms with E-state index in [1.165, 1.54) is 41.4 Å². The predicted octanol–water partition coefficient (Wildman–Crippen LogP) is 3.85. The predicted molar refractivity (Wildman–Crippen MR) is 114 cm³/mol. The summed E-state index contributed by atoms with van der Waals surface area (Å²) in [5.41, 5.74) is 1.23. The van der Waals surface area contributed by atoms with Crippen LogP contribution >= 0.6 is 11.3 Å². The molecule has 2 saturated heterocycles. The molecule has 3 heterocycles. The Kier molecular flexibility index (Phi) is 6.01. The van der Waals surface area contributed by atoms with Crippen LogP contribution in [-0.2, 0) is 6.54 Å². The molecule has 4 nitrogen and oxygen atoms in total. The average Bonchev–Trinajstić information content (AvgIpc) is 3.13. The van der Waals surface area contributed by atoms with Gasteiger partial charge in [-0.25, -0.2) is 0 Å². The molecule has 1 aromatic carbocycles. The lowest BCUT2D eigenvalue weighted by Gasteiger charge is -2.44. The van der Waals surface area contributed by atoms with Crippen LogP contribution in [0, 0.1) is 6.92 Å². The molecule has 0 unspecified atom stereocenters. The van der Waals surface area contributed by atoms with E-state index in [1.54, 1.807) is 7.11 Å². The van der Waals surface area contributed by atoms with E-state index in [9.17, 15) is 0 Å². The van der Waals surface area contributed by atoms with E-state index in [4.69, 9.17) is 4.74 Å². The molecule has 0 aliphatic carbocycles. The second-order valence-electron chi connectivity index (χ2n) is 7.74. The van der Waals surface area contributed by atoms with Gasteiger partial charge in [-0.05, 0) is 50.6 Å². The van der Waals surface area contributed by atoms with Gasteiger partial charge < -0.3 is 9.64 Å². The summed E-state index contributed by atoms with van der Waals surface area (Å²) >= 11 is 1.95. The van der Waals surface area contributed by atoms with E-state index in [2.05, 4.69) is 52.0 Å². The van der Waals surface area contributed by atoms with Crippen molar-refractivity contribution in [2.75, 3.05) is 51.3 Å². The van der Waals surface area contributed by atoms with Gasteiger partial charge in [-0.2, -0.15) is 0 Å². The van der Waals surface area contributed by atoms with E-state index < -0.39 is 0 Å². The minimum absolute atomic E-state index is 0.708. The van der Waals surface area contributed by atoms with Crippen LogP contribution in [0.5, 0.6) is 5.75 Å². The summed E-state index contributed by atoms with van der Waals surface area (Å²) in [6, 6.07) is 13.7. The normalized spacial score (nSPS) is 22.1. The minimum Gasteiger partial charge on any atom is -0.495 e. The SMILES string of the molecule is COc1ccccc1N1CCN([C@H]2CCCN(Cc3ccc(C)s3)C2)CC1. The van der Waals surface area contributed by atoms with Gasteiger partial charge in [-0.15, -0.1) is 11.3 Å². The van der Waals surface area contributed by atoms with E-state index >= 15 is 0 Å². The van der Waals surface area contributed by atoms with Crippen molar-refractivity contribution in [1.82, 2.24) is 9.80 Å². The summed E-state index contributed by atoms with van der Waals surface area (Å²) in [6.45, 7) is 10.2. The number of rotatable bonds is 5. The summed E-state index contributed by atoms with van der Waals surface area (Å²) in [6.07, 6.45) is 2.66. The molecule has 0 bridgehead atoms. The van der Waals surface area contributed by atoms with Crippen molar-refractivity contribution >= 4 is 17.0 Å². The Balaban J connectivity index is 1.32. The first-order chi connectivity index (χ1) is 13.2. The first-order valence-electron chi connectivity index (χ1n) is 10.1. The van der Waals surface area contributed by atoms with Crippen LogP contribution in [0.1, 0.15) is 22.6 Å². The number of thiophene rings is 1. The molecule has 0 saturated carbocycles. The molecule has 1 aromatic heterocycles. The molecule has 2 aliphatic heterocycles. The highest BCUT2D eigenvalue weighted by Gasteiger charge is 2.28. The van der Waals surface area contributed by atoms with Crippen LogP contribution in [-0.4, -0.2) is 62.2 Å². The van der Waals surface area contributed by atoms with Gasteiger partial charge in [0, 0.05) is 55.1 Å². The first kappa shape index (κ1) is 18.8. The molecule has 27 heavy (non-hydrogen) atoms. The standard InChI is InChI=1S/C22H31N3OS/c1-18-9-10-20(27-18)17-23-11-5-6-19(16-23)24-12-14-25(15-13-24)21-7-3-4-8-22(21)26-2/h3-4,7-10,19H,5-6,11-17H2,1-2H3/t19-/m0/s1. The third-order valence-corrected chi connectivity index (χ3v) is 6.90. The second kappa shape index (κ2) is 8.63. The van der Waals surface area contributed by atoms with Gasteiger partial charge in [-0.1, -0.05) is 12.1 Å². The summed E-state index contributed by atoms with van der Waals surface area (Å²) in [5.74, 6) is 0.987. The topological polar surface area (TPSA) is 19.0 Å². The van der Waals surface area contributed by atoms with Crippen LogP contribution in [0.2, 0.25) is 0 Å². The quantitative estimate of drug-likeness (QED) is 0.778. The van der Waals surface area contributed by atoms with Crippen molar-refractivity contribution in [2.45, 2.75) is 32.4 Å². The van der Waals surface area contributed by atoms with Crippen molar-refractivity contribution in [1.29, 1.82) is 0 Å². The lowest BCUT2D eigenvalue weighted by molar-refractivity contribution is 0.0892. The number of hydrogen-bond acceptors (Lipinski definition) is 5. The molecule has 0 amide bonds. The number of anilines is 1. The van der Waals surface area contributed by atoms with E-state index in [0.717, 1.165) is 38.5 Å². The molecule has 0 N–H and O–H groups in total. The molecule has 0 spiro atoms. The van der Waals surface area contributed by atoms with Gasteiger partial charge in [0.2, 0.25) is 0 Å². The van der Waals surface area contributed by atoms with E-state index in [1.807, 2.05) is 17.4 Å². The van der Waals surface area contributed by atoms with E-state index in [0.29, 0.717) is 6.04 Å². The number of nitrogens with zero attached hydrogens (tertiary/aromatic N) is 3. The fourth-order valence-electron chi connectivity index (χ4n) is 4.48. The van der Waals surface area contributed by atoms with Gasteiger partial charge in [0.05, 0.1) is 12.8 Å². The Morgan fingerprint density at radius 3 is 2.59 bits per heavy atom. The maximum absolute atomic E-state index is 5.55. The first-order valence-corrected chi connectivity index (χ1v) is 10.9. The number of aryl methyl sites for hydroxylation is 1. The highest BCUT2D eigenvalue weighted by Crippen LogP contribution is 2.29. The molecule has 4 rings (SSSR count). The number of ether oxygens (including phenoxy) is 1. The Morgan fingerprint density at radius 1 is 1.04 bits per heavy atom. The third-order valence-electron chi connectivity index (χ3n) is 5.91. The lowest BCUT2D eigenvalue weighted by Crippen LogP contribution is -2.55. The van der Waals surface area contributed by atoms with Crippen molar-refractivity contribution in [2.24, 2.45) is 0 Å².